The van der Waals surface area contributed by atoms with Crippen molar-refractivity contribution in [1.82, 2.24) is 0 Å². The van der Waals surface area contributed by atoms with Crippen LogP contribution in [0.15, 0.2) is 36.5 Å². The molecule has 0 fully saturated rings. The number of rotatable bonds is 68. The lowest BCUT2D eigenvalue weighted by atomic mass is 10.0. The first kappa shape index (κ1) is 78.6. The van der Waals surface area contributed by atoms with Crippen molar-refractivity contribution < 1.29 is 28.6 Å². The van der Waals surface area contributed by atoms with Gasteiger partial charge in [-0.3, -0.25) is 14.4 Å². The zero-order chi connectivity index (χ0) is 58.5. The first-order chi connectivity index (χ1) is 40.0. The molecule has 6 heteroatoms. The van der Waals surface area contributed by atoms with Crippen molar-refractivity contribution in [2.24, 2.45) is 0 Å². The maximum Gasteiger partial charge on any atom is 0.306 e. The van der Waals surface area contributed by atoms with Crippen LogP contribution in [0.25, 0.3) is 0 Å². The molecule has 0 amide bonds. The van der Waals surface area contributed by atoms with Crippen LogP contribution >= 0.6 is 0 Å². The molecule has 0 aromatic heterocycles. The molecule has 0 saturated carbocycles. The van der Waals surface area contributed by atoms with Gasteiger partial charge in [-0.15, -0.1) is 0 Å². The van der Waals surface area contributed by atoms with Gasteiger partial charge in [0.1, 0.15) is 13.2 Å². The molecule has 0 spiro atoms. The van der Waals surface area contributed by atoms with Crippen molar-refractivity contribution in [2.75, 3.05) is 13.2 Å². The van der Waals surface area contributed by atoms with E-state index in [-0.39, 0.29) is 31.1 Å². The number of hydrogen-bond acceptors (Lipinski definition) is 6. The van der Waals surface area contributed by atoms with E-state index < -0.39 is 6.10 Å². The van der Waals surface area contributed by atoms with Crippen LogP contribution < -0.4 is 0 Å². The molecule has 476 valence electrons. The Bertz CT molecular complexity index is 1350. The normalized spacial score (nSPS) is 12.2. The smallest absolute Gasteiger partial charge is 0.306 e. The molecule has 0 N–H and O–H groups in total. The number of unbranched alkanes of at least 4 members (excludes halogenated alkanes) is 51. The van der Waals surface area contributed by atoms with Crippen molar-refractivity contribution in [2.45, 2.75) is 412 Å². The Hall–Kier alpha value is -2.37. The highest BCUT2D eigenvalue weighted by molar-refractivity contribution is 5.71. The van der Waals surface area contributed by atoms with Gasteiger partial charge < -0.3 is 14.2 Å². The maximum atomic E-state index is 12.9. The van der Waals surface area contributed by atoms with Crippen molar-refractivity contribution >= 4 is 17.9 Å². The van der Waals surface area contributed by atoms with Crippen molar-refractivity contribution in [3.05, 3.63) is 36.5 Å². The number of carbonyl (C=O) groups excluding carboxylic acids is 3. The van der Waals surface area contributed by atoms with E-state index in [2.05, 4.69) is 57.2 Å². The summed E-state index contributed by atoms with van der Waals surface area (Å²) in [6, 6.07) is 0. The topological polar surface area (TPSA) is 78.9 Å². The summed E-state index contributed by atoms with van der Waals surface area (Å²) >= 11 is 0. The summed E-state index contributed by atoms with van der Waals surface area (Å²) in [5.41, 5.74) is 0. The molecule has 81 heavy (non-hydrogen) atoms. The maximum absolute atomic E-state index is 12.9. The summed E-state index contributed by atoms with van der Waals surface area (Å²) in [6.45, 7) is 6.70. The number of ether oxygens (including phenoxy) is 3. The molecule has 0 bridgehead atoms. The van der Waals surface area contributed by atoms with Gasteiger partial charge in [-0.2, -0.15) is 0 Å². The van der Waals surface area contributed by atoms with E-state index in [1.54, 1.807) is 0 Å². The number of hydrogen-bond donors (Lipinski definition) is 0. The molecule has 0 aromatic rings. The Morgan fingerprint density at radius 2 is 0.444 bits per heavy atom. The molecule has 1 unspecified atom stereocenters. The zero-order valence-electron chi connectivity index (χ0n) is 54.8. The van der Waals surface area contributed by atoms with E-state index in [0.717, 1.165) is 64.2 Å². The molecule has 0 saturated heterocycles. The summed E-state index contributed by atoms with van der Waals surface area (Å²) in [4.78, 5) is 38.4. The van der Waals surface area contributed by atoms with Crippen LogP contribution in [0.5, 0.6) is 0 Å². The number of esters is 3. The SMILES string of the molecule is CCCCCCC/C=C\C/C=C\CCCCCCCCCCCCCCCCCCCCCC(=O)OCC(COC(=O)CCCCCCCCCCCCCCCCC)OC(=O)CCCCCCCCC/C=C\CCCCCCCC. The Kier molecular flexibility index (Phi) is 68.1. The molecule has 0 aromatic carbocycles. The van der Waals surface area contributed by atoms with E-state index in [1.807, 2.05) is 0 Å². The minimum atomic E-state index is -0.771. The summed E-state index contributed by atoms with van der Waals surface area (Å²) in [7, 11) is 0. The van der Waals surface area contributed by atoms with Gasteiger partial charge in [0.15, 0.2) is 6.10 Å². The van der Waals surface area contributed by atoms with Gasteiger partial charge in [0, 0.05) is 19.3 Å². The second-order valence-electron chi connectivity index (χ2n) is 24.9. The fourth-order valence-corrected chi connectivity index (χ4v) is 11.1. The van der Waals surface area contributed by atoms with Gasteiger partial charge in [-0.1, -0.05) is 346 Å². The van der Waals surface area contributed by atoms with E-state index >= 15 is 0 Å². The van der Waals surface area contributed by atoms with E-state index in [0.29, 0.717) is 19.3 Å². The van der Waals surface area contributed by atoms with Crippen molar-refractivity contribution in [1.29, 1.82) is 0 Å². The van der Waals surface area contributed by atoms with Crippen molar-refractivity contribution in [3.8, 4) is 0 Å². The largest absolute Gasteiger partial charge is 0.462 e. The molecular formula is C75H140O6. The van der Waals surface area contributed by atoms with E-state index in [9.17, 15) is 14.4 Å². The van der Waals surface area contributed by atoms with Crippen LogP contribution in [-0.2, 0) is 28.6 Å². The predicted octanol–water partition coefficient (Wildman–Crippen LogP) is 25.1. The van der Waals surface area contributed by atoms with Gasteiger partial charge in [-0.05, 0) is 77.0 Å². The molecule has 0 radical (unpaired) electrons. The van der Waals surface area contributed by atoms with Crippen LogP contribution in [0.3, 0.4) is 0 Å². The lowest BCUT2D eigenvalue weighted by molar-refractivity contribution is -0.167. The average Bonchev–Trinajstić information content (AvgIpc) is 3.47. The van der Waals surface area contributed by atoms with Gasteiger partial charge in [0.05, 0.1) is 0 Å². The lowest BCUT2D eigenvalue weighted by Gasteiger charge is -2.18. The first-order valence-corrected chi connectivity index (χ1v) is 36.5. The Labute approximate surface area is 506 Å². The van der Waals surface area contributed by atoms with Crippen LogP contribution in [-0.4, -0.2) is 37.2 Å². The highest BCUT2D eigenvalue weighted by Crippen LogP contribution is 2.19. The highest BCUT2D eigenvalue weighted by atomic mass is 16.6. The van der Waals surface area contributed by atoms with Crippen LogP contribution in [0.1, 0.15) is 406 Å². The summed E-state index contributed by atoms with van der Waals surface area (Å²) in [5.74, 6) is -0.840. The Morgan fingerprint density at radius 1 is 0.247 bits per heavy atom. The fourth-order valence-electron chi connectivity index (χ4n) is 11.1. The third-order valence-electron chi connectivity index (χ3n) is 16.6. The van der Waals surface area contributed by atoms with Crippen LogP contribution in [0.4, 0.5) is 0 Å². The highest BCUT2D eigenvalue weighted by Gasteiger charge is 2.19. The minimum Gasteiger partial charge on any atom is -0.462 e. The van der Waals surface area contributed by atoms with Gasteiger partial charge >= 0.3 is 17.9 Å². The van der Waals surface area contributed by atoms with Crippen LogP contribution in [0, 0.1) is 0 Å². The number of allylic oxidation sites excluding steroid dienone is 6. The van der Waals surface area contributed by atoms with Crippen molar-refractivity contribution in [3.63, 3.8) is 0 Å². The van der Waals surface area contributed by atoms with E-state index in [1.165, 1.54) is 302 Å². The van der Waals surface area contributed by atoms with Gasteiger partial charge in [0.2, 0.25) is 0 Å². The van der Waals surface area contributed by atoms with E-state index in [4.69, 9.17) is 14.2 Å². The molecule has 0 rings (SSSR count). The molecule has 6 nitrogen and oxygen atoms in total. The molecule has 0 aliphatic rings. The first-order valence-electron chi connectivity index (χ1n) is 36.5. The Balaban J connectivity index is 4.17. The minimum absolute atomic E-state index is 0.0674. The third kappa shape index (κ3) is 68.3. The summed E-state index contributed by atoms with van der Waals surface area (Å²) < 4.78 is 17.0. The average molecular weight is 1140 g/mol. The second kappa shape index (κ2) is 70.1. The third-order valence-corrected chi connectivity index (χ3v) is 16.6. The fraction of sp³-hybridized carbons (Fsp3) is 0.880. The Morgan fingerprint density at radius 3 is 0.691 bits per heavy atom. The standard InChI is InChI=1S/C75H140O6/c1-4-7-10-13-16-19-22-25-28-30-31-32-33-34-35-36-37-38-39-40-41-42-43-45-47-50-53-56-59-62-65-68-74(77)80-71-72(70-79-73(76)67-64-61-58-55-52-49-46-27-24-21-18-15-12-9-6-3)81-75(78)69-66-63-60-57-54-51-48-44-29-26-23-20-17-14-11-8-5-2/h22,25-26,29-31,72H,4-21,23-24,27-28,32-71H2,1-3H3/b25-22-,29-26-,31-30-. The molecule has 0 aliphatic carbocycles. The molecule has 0 heterocycles. The molecule has 0 aliphatic heterocycles. The zero-order valence-corrected chi connectivity index (χ0v) is 54.8. The predicted molar refractivity (Wildman–Crippen MR) is 353 cm³/mol. The quantitative estimate of drug-likeness (QED) is 0.0261. The monoisotopic (exact) mass is 1140 g/mol. The van der Waals surface area contributed by atoms with Gasteiger partial charge in [-0.25, -0.2) is 0 Å². The molecular weight excluding hydrogens is 997 g/mol. The summed E-state index contributed by atoms with van der Waals surface area (Å²) in [6.07, 6.45) is 87.5. The molecule has 1 atom stereocenters. The second-order valence-corrected chi connectivity index (χ2v) is 24.9. The summed E-state index contributed by atoms with van der Waals surface area (Å²) in [5, 5.41) is 0. The van der Waals surface area contributed by atoms with Crippen LogP contribution in [0.2, 0.25) is 0 Å². The lowest BCUT2D eigenvalue weighted by Crippen LogP contribution is -2.30. The number of carbonyl (C=O) groups is 3. The van der Waals surface area contributed by atoms with Gasteiger partial charge in [0.25, 0.3) is 0 Å².